The van der Waals surface area contributed by atoms with Gasteiger partial charge in [0.25, 0.3) is 0 Å². The van der Waals surface area contributed by atoms with Gasteiger partial charge < -0.3 is 11.1 Å². The number of thiophene rings is 1. The minimum Gasteiger partial charge on any atom is -0.353 e. The number of amides is 1. The van der Waals surface area contributed by atoms with E-state index in [0.29, 0.717) is 6.54 Å². The fourth-order valence-corrected chi connectivity index (χ4v) is 3.49. The second-order valence-corrected chi connectivity index (χ2v) is 6.57. The highest BCUT2D eigenvalue weighted by atomic mass is 32.1. The van der Waals surface area contributed by atoms with Gasteiger partial charge in [-0.25, -0.2) is 0 Å². The maximum Gasteiger partial charge on any atom is 0.234 e. The highest BCUT2D eigenvalue weighted by Crippen LogP contribution is 2.30. The molecule has 2 atom stereocenters. The topological polar surface area (TPSA) is 58.4 Å². The molecule has 0 aromatic carbocycles. The molecule has 4 nitrogen and oxygen atoms in total. The van der Waals surface area contributed by atoms with Crippen LogP contribution in [0.3, 0.4) is 0 Å². The molecule has 1 rings (SSSR count). The monoisotopic (exact) mass is 297 g/mol. The van der Waals surface area contributed by atoms with Crippen molar-refractivity contribution in [3.63, 3.8) is 0 Å². The summed E-state index contributed by atoms with van der Waals surface area (Å²) in [6.45, 7) is 8.49. The minimum atomic E-state index is 0.0317. The first kappa shape index (κ1) is 17.1. The fraction of sp³-hybridized carbons (Fsp3) is 0.667. The van der Waals surface area contributed by atoms with E-state index in [1.54, 1.807) is 11.3 Å². The van der Waals surface area contributed by atoms with Gasteiger partial charge >= 0.3 is 0 Å². The van der Waals surface area contributed by atoms with Crippen LogP contribution in [-0.4, -0.2) is 36.5 Å². The largest absolute Gasteiger partial charge is 0.353 e. The van der Waals surface area contributed by atoms with Gasteiger partial charge in [-0.2, -0.15) is 0 Å². The van der Waals surface area contributed by atoms with Crippen molar-refractivity contribution in [2.45, 2.75) is 52.2 Å². The van der Waals surface area contributed by atoms with Crippen molar-refractivity contribution in [2.24, 2.45) is 5.73 Å². The van der Waals surface area contributed by atoms with Gasteiger partial charge in [0, 0.05) is 17.0 Å². The molecule has 114 valence electrons. The second kappa shape index (κ2) is 7.76. The van der Waals surface area contributed by atoms with Crippen molar-refractivity contribution in [2.75, 3.05) is 13.6 Å². The second-order valence-electron chi connectivity index (χ2n) is 5.62. The Morgan fingerprint density at radius 1 is 1.50 bits per heavy atom. The summed E-state index contributed by atoms with van der Waals surface area (Å²) in [4.78, 5) is 15.3. The average Bonchev–Trinajstić information content (AvgIpc) is 2.74. The Morgan fingerprint density at radius 3 is 2.60 bits per heavy atom. The standard InChI is InChI=1S/C15H27N3OS/c1-6-12(16)14(15-11(4)7-8-20-15)18(5)9-13(19)17-10(2)3/h7-8,10,12,14H,6,9,16H2,1-5H3,(H,17,19). The van der Waals surface area contributed by atoms with E-state index >= 15 is 0 Å². The zero-order valence-electron chi connectivity index (χ0n) is 13.1. The summed E-state index contributed by atoms with van der Waals surface area (Å²) in [5, 5.41) is 5.01. The summed E-state index contributed by atoms with van der Waals surface area (Å²) in [5.74, 6) is 0.0463. The van der Waals surface area contributed by atoms with E-state index in [4.69, 9.17) is 5.73 Å². The van der Waals surface area contributed by atoms with E-state index in [2.05, 4.69) is 35.5 Å². The molecule has 0 bridgehead atoms. The molecule has 2 unspecified atom stereocenters. The molecule has 1 aromatic heterocycles. The number of nitrogens with two attached hydrogens (primary N) is 1. The van der Waals surface area contributed by atoms with Crippen LogP contribution in [-0.2, 0) is 4.79 Å². The van der Waals surface area contributed by atoms with Crippen LogP contribution < -0.4 is 11.1 Å². The molecule has 1 aromatic rings. The van der Waals surface area contributed by atoms with Crippen LogP contribution in [0.2, 0.25) is 0 Å². The first-order valence-corrected chi connectivity index (χ1v) is 8.03. The number of carbonyl (C=O) groups excluding carboxylic acids is 1. The zero-order valence-corrected chi connectivity index (χ0v) is 14.0. The number of hydrogen-bond acceptors (Lipinski definition) is 4. The lowest BCUT2D eigenvalue weighted by atomic mass is 10.0. The summed E-state index contributed by atoms with van der Waals surface area (Å²) >= 11 is 1.72. The van der Waals surface area contributed by atoms with Crippen molar-refractivity contribution in [3.05, 3.63) is 21.9 Å². The van der Waals surface area contributed by atoms with Crippen LogP contribution in [0.25, 0.3) is 0 Å². The normalized spacial score (nSPS) is 14.6. The lowest BCUT2D eigenvalue weighted by Gasteiger charge is -2.32. The quantitative estimate of drug-likeness (QED) is 0.812. The van der Waals surface area contributed by atoms with Crippen molar-refractivity contribution in [1.82, 2.24) is 10.2 Å². The molecule has 0 saturated heterocycles. The molecule has 0 spiro atoms. The smallest absolute Gasteiger partial charge is 0.234 e. The third kappa shape index (κ3) is 4.58. The number of aryl methyl sites for hydroxylation is 1. The van der Waals surface area contributed by atoms with Gasteiger partial charge in [0.2, 0.25) is 5.91 Å². The molecule has 0 fully saturated rings. The number of likely N-dealkylation sites (N-methyl/N-ethyl adjacent to an activating group) is 1. The predicted octanol–water partition coefficient (Wildman–Crippen LogP) is 2.29. The van der Waals surface area contributed by atoms with Gasteiger partial charge in [0.05, 0.1) is 12.6 Å². The van der Waals surface area contributed by atoms with Crippen LogP contribution in [0.4, 0.5) is 0 Å². The van der Waals surface area contributed by atoms with E-state index in [1.165, 1.54) is 10.4 Å². The lowest BCUT2D eigenvalue weighted by Crippen LogP contribution is -2.44. The van der Waals surface area contributed by atoms with Crippen molar-refractivity contribution >= 4 is 17.2 Å². The number of nitrogens with zero attached hydrogens (tertiary/aromatic N) is 1. The van der Waals surface area contributed by atoms with E-state index in [1.807, 2.05) is 20.9 Å². The molecule has 20 heavy (non-hydrogen) atoms. The highest BCUT2D eigenvalue weighted by molar-refractivity contribution is 7.10. The van der Waals surface area contributed by atoms with Gasteiger partial charge in [-0.15, -0.1) is 11.3 Å². The average molecular weight is 297 g/mol. The Labute approximate surface area is 126 Å². The Kier molecular flexibility index (Phi) is 6.65. The summed E-state index contributed by atoms with van der Waals surface area (Å²) < 4.78 is 0. The fourth-order valence-electron chi connectivity index (χ4n) is 2.32. The number of nitrogens with one attached hydrogen (secondary N) is 1. The predicted molar refractivity (Wildman–Crippen MR) is 86.0 cm³/mol. The van der Waals surface area contributed by atoms with E-state index in [-0.39, 0.29) is 24.0 Å². The first-order valence-electron chi connectivity index (χ1n) is 7.16. The van der Waals surface area contributed by atoms with Gasteiger partial charge in [-0.1, -0.05) is 6.92 Å². The summed E-state index contributed by atoms with van der Waals surface area (Å²) in [6, 6.07) is 2.40. The van der Waals surface area contributed by atoms with Crippen LogP contribution in [0, 0.1) is 6.92 Å². The molecule has 0 aliphatic carbocycles. The molecule has 1 heterocycles. The van der Waals surface area contributed by atoms with Crippen LogP contribution >= 0.6 is 11.3 Å². The molecule has 3 N–H and O–H groups in total. The van der Waals surface area contributed by atoms with E-state index < -0.39 is 0 Å². The molecule has 0 saturated carbocycles. The van der Waals surface area contributed by atoms with E-state index in [9.17, 15) is 4.79 Å². The van der Waals surface area contributed by atoms with Crippen LogP contribution in [0.5, 0.6) is 0 Å². The lowest BCUT2D eigenvalue weighted by molar-refractivity contribution is -0.123. The SMILES string of the molecule is CCC(N)C(c1sccc1C)N(C)CC(=O)NC(C)C. The van der Waals surface area contributed by atoms with Gasteiger partial charge in [0.1, 0.15) is 0 Å². The Bertz CT molecular complexity index is 431. The summed E-state index contributed by atoms with van der Waals surface area (Å²) in [5.41, 5.74) is 7.54. The Balaban J connectivity index is 2.84. The zero-order chi connectivity index (χ0) is 15.3. The summed E-state index contributed by atoms with van der Waals surface area (Å²) in [6.07, 6.45) is 0.887. The molecular weight excluding hydrogens is 270 g/mol. The molecule has 5 heteroatoms. The molecule has 0 aliphatic heterocycles. The highest BCUT2D eigenvalue weighted by Gasteiger charge is 2.26. The maximum absolute atomic E-state index is 11.9. The first-order chi connectivity index (χ1) is 9.36. The number of hydrogen-bond donors (Lipinski definition) is 2. The van der Waals surface area contributed by atoms with Gasteiger partial charge in [0.15, 0.2) is 0 Å². The van der Waals surface area contributed by atoms with Crippen LogP contribution in [0.15, 0.2) is 11.4 Å². The molecule has 0 aliphatic rings. The molecular formula is C15H27N3OS. The Hall–Kier alpha value is -0.910. The Morgan fingerprint density at radius 2 is 2.15 bits per heavy atom. The van der Waals surface area contributed by atoms with Gasteiger partial charge in [-0.3, -0.25) is 9.69 Å². The minimum absolute atomic E-state index is 0.0317. The number of carbonyl (C=O) groups is 1. The number of rotatable bonds is 7. The van der Waals surface area contributed by atoms with Crippen molar-refractivity contribution in [1.29, 1.82) is 0 Å². The van der Waals surface area contributed by atoms with Crippen molar-refractivity contribution in [3.8, 4) is 0 Å². The van der Waals surface area contributed by atoms with E-state index in [0.717, 1.165) is 6.42 Å². The van der Waals surface area contributed by atoms with Gasteiger partial charge in [-0.05, 0) is 51.2 Å². The maximum atomic E-state index is 11.9. The molecule has 1 amide bonds. The third-order valence-electron chi connectivity index (χ3n) is 3.36. The third-order valence-corrected chi connectivity index (χ3v) is 4.45. The summed E-state index contributed by atoms with van der Waals surface area (Å²) in [7, 11) is 1.97. The van der Waals surface area contributed by atoms with Crippen molar-refractivity contribution < 1.29 is 4.79 Å². The molecule has 0 radical (unpaired) electrons. The van der Waals surface area contributed by atoms with Crippen LogP contribution in [0.1, 0.15) is 43.7 Å².